The van der Waals surface area contributed by atoms with Gasteiger partial charge in [-0.2, -0.15) is 0 Å². The molecule has 0 aromatic rings. The summed E-state index contributed by atoms with van der Waals surface area (Å²) in [6.07, 6.45) is 34.3. The van der Waals surface area contributed by atoms with Crippen molar-refractivity contribution in [2.75, 3.05) is 0 Å². The van der Waals surface area contributed by atoms with Crippen molar-refractivity contribution in [2.45, 2.75) is 116 Å². The summed E-state index contributed by atoms with van der Waals surface area (Å²) in [6, 6.07) is 0. The minimum absolute atomic E-state index is 0.584. The topological polar surface area (TPSA) is 0 Å². The summed E-state index contributed by atoms with van der Waals surface area (Å²) in [6.45, 7) is 9.28. The molecule has 9 aliphatic rings. The summed E-state index contributed by atoms with van der Waals surface area (Å²) in [5, 5.41) is 0. The van der Waals surface area contributed by atoms with E-state index in [0.29, 0.717) is 5.92 Å². The molecule has 0 amide bonds. The predicted molar refractivity (Wildman–Crippen MR) is 171 cm³/mol. The van der Waals surface area contributed by atoms with Gasteiger partial charge in [0.1, 0.15) is 0 Å². The third-order valence-corrected chi connectivity index (χ3v) is 15.5. The van der Waals surface area contributed by atoms with Gasteiger partial charge in [0.2, 0.25) is 0 Å². The zero-order valence-electron chi connectivity index (χ0n) is 25.9. The molecule has 8 bridgehead atoms. The smallest absolute Gasteiger partial charge is 0.00946 e. The van der Waals surface area contributed by atoms with Crippen molar-refractivity contribution in [2.24, 2.45) is 76.9 Å². The Balaban J connectivity index is 1.15. The quantitative estimate of drug-likeness (QED) is 0.265. The van der Waals surface area contributed by atoms with Gasteiger partial charge in [0.05, 0.1) is 0 Å². The van der Waals surface area contributed by atoms with Crippen LogP contribution in [0.1, 0.15) is 116 Å². The standard InChI is InChI=1S/C41H56/c1-3-32(40(36-20-24-8-12-28(36)16-24)37-21-25-9-13-29(37)17-25)34-6-5-7-35(34)33(4-2)41(38-22-26-10-14-30(38)18-26)39-23-27-11-15-31(39)19-27/h3-4,6,24-31,35-39H,1-2,5,7-23H2. The Bertz CT molecular complexity index is 1130. The van der Waals surface area contributed by atoms with Crippen LogP contribution in [0.15, 0.2) is 59.3 Å². The Morgan fingerprint density at radius 3 is 1.29 bits per heavy atom. The molecular weight excluding hydrogens is 492 g/mol. The second-order valence-corrected chi connectivity index (χ2v) is 17.1. The van der Waals surface area contributed by atoms with Gasteiger partial charge in [-0.1, -0.05) is 68.2 Å². The lowest BCUT2D eigenvalue weighted by atomic mass is 9.67. The highest BCUT2D eigenvalue weighted by Crippen LogP contribution is 2.62. The fourth-order valence-corrected chi connectivity index (χ4v) is 14.1. The summed E-state index contributed by atoms with van der Waals surface area (Å²) >= 11 is 0. The van der Waals surface area contributed by atoms with E-state index in [4.69, 9.17) is 0 Å². The molecule has 41 heavy (non-hydrogen) atoms. The lowest BCUT2D eigenvalue weighted by molar-refractivity contribution is 0.293. The molecule has 0 spiro atoms. The first-order chi connectivity index (χ1) is 20.2. The van der Waals surface area contributed by atoms with E-state index in [9.17, 15) is 0 Å². The van der Waals surface area contributed by atoms with Crippen molar-refractivity contribution in [1.82, 2.24) is 0 Å². The summed E-state index contributed by atoms with van der Waals surface area (Å²) in [5.74, 6) is 12.0. The largest absolute Gasteiger partial charge is 0.0988 e. The van der Waals surface area contributed by atoms with Crippen molar-refractivity contribution < 1.29 is 0 Å². The molecule has 8 fully saturated rings. The highest BCUT2D eigenvalue weighted by Gasteiger charge is 2.51. The van der Waals surface area contributed by atoms with Gasteiger partial charge < -0.3 is 0 Å². The van der Waals surface area contributed by atoms with E-state index >= 15 is 0 Å². The number of allylic oxidation sites excluding steroid dienone is 8. The van der Waals surface area contributed by atoms with Gasteiger partial charge in [-0.05, 0) is 178 Å². The average molecular weight is 549 g/mol. The van der Waals surface area contributed by atoms with Gasteiger partial charge in [-0.15, -0.1) is 0 Å². The van der Waals surface area contributed by atoms with Gasteiger partial charge >= 0.3 is 0 Å². The van der Waals surface area contributed by atoms with E-state index in [2.05, 4.69) is 31.4 Å². The molecule has 9 aliphatic carbocycles. The molecule has 220 valence electrons. The van der Waals surface area contributed by atoms with Crippen molar-refractivity contribution in [3.8, 4) is 0 Å². The minimum atomic E-state index is 0.584. The summed E-state index contributed by atoms with van der Waals surface area (Å²) < 4.78 is 0. The maximum atomic E-state index is 4.65. The number of fused-ring (bicyclic) bond motifs is 8. The summed E-state index contributed by atoms with van der Waals surface area (Å²) in [5.41, 5.74) is 9.05. The van der Waals surface area contributed by atoms with E-state index in [1.165, 1.54) is 116 Å². The van der Waals surface area contributed by atoms with E-state index in [1.54, 1.807) is 16.7 Å². The van der Waals surface area contributed by atoms with Crippen molar-refractivity contribution in [3.63, 3.8) is 0 Å². The van der Waals surface area contributed by atoms with Crippen molar-refractivity contribution >= 4 is 0 Å². The summed E-state index contributed by atoms with van der Waals surface area (Å²) in [7, 11) is 0. The van der Waals surface area contributed by atoms with Crippen LogP contribution in [-0.4, -0.2) is 0 Å². The molecule has 9 rings (SSSR count). The van der Waals surface area contributed by atoms with E-state index in [0.717, 1.165) is 71.0 Å². The molecule has 0 aromatic carbocycles. The second kappa shape index (κ2) is 10.1. The molecule has 0 radical (unpaired) electrons. The Morgan fingerprint density at radius 1 is 0.512 bits per heavy atom. The first-order valence-electron chi connectivity index (χ1n) is 18.6. The van der Waals surface area contributed by atoms with Crippen LogP contribution in [0.4, 0.5) is 0 Å². The fraction of sp³-hybridized carbons (Fsp3) is 0.756. The first-order valence-corrected chi connectivity index (χ1v) is 18.6. The Kier molecular flexibility index (Phi) is 6.45. The average Bonchev–Trinajstić information content (AvgIpc) is 3.86. The molecule has 0 saturated heterocycles. The van der Waals surface area contributed by atoms with Gasteiger partial charge in [-0.3, -0.25) is 0 Å². The maximum absolute atomic E-state index is 4.65. The number of hydrogen-bond acceptors (Lipinski definition) is 0. The van der Waals surface area contributed by atoms with Crippen LogP contribution in [0.3, 0.4) is 0 Å². The molecular formula is C41H56. The van der Waals surface area contributed by atoms with Crippen LogP contribution >= 0.6 is 0 Å². The lowest BCUT2D eigenvalue weighted by Crippen LogP contribution is -2.27. The predicted octanol–water partition coefficient (Wildman–Crippen LogP) is 11.0. The van der Waals surface area contributed by atoms with Crippen LogP contribution in [-0.2, 0) is 0 Å². The molecule has 0 aliphatic heterocycles. The molecule has 13 atom stereocenters. The third-order valence-electron chi connectivity index (χ3n) is 15.5. The molecule has 0 aromatic heterocycles. The molecule has 13 unspecified atom stereocenters. The monoisotopic (exact) mass is 548 g/mol. The molecule has 0 N–H and O–H groups in total. The van der Waals surface area contributed by atoms with Gasteiger partial charge in [0, 0.05) is 5.92 Å². The Labute approximate surface area is 251 Å². The zero-order chi connectivity index (χ0) is 27.2. The van der Waals surface area contributed by atoms with Crippen LogP contribution in [0.2, 0.25) is 0 Å². The van der Waals surface area contributed by atoms with Crippen LogP contribution in [0.25, 0.3) is 0 Å². The minimum Gasteiger partial charge on any atom is -0.0988 e. The summed E-state index contributed by atoms with van der Waals surface area (Å²) in [4.78, 5) is 0. The zero-order valence-corrected chi connectivity index (χ0v) is 25.9. The molecule has 8 saturated carbocycles. The lowest BCUT2D eigenvalue weighted by Gasteiger charge is -2.38. The highest BCUT2D eigenvalue weighted by atomic mass is 14.6. The molecule has 0 heterocycles. The van der Waals surface area contributed by atoms with E-state index in [1.807, 2.05) is 11.1 Å². The SMILES string of the molecule is C=CC(C1=CCCC1C(C=C)=C(C1CC2CCC1C2)C1CC2CCC1C2)=C(C1CC2CCC1C2)C1CC2CCC1C2. The first kappa shape index (κ1) is 26.1. The van der Waals surface area contributed by atoms with Crippen LogP contribution in [0, 0.1) is 76.9 Å². The van der Waals surface area contributed by atoms with Crippen molar-refractivity contribution in [1.29, 1.82) is 0 Å². The van der Waals surface area contributed by atoms with Crippen LogP contribution < -0.4 is 0 Å². The van der Waals surface area contributed by atoms with E-state index in [-0.39, 0.29) is 0 Å². The maximum Gasteiger partial charge on any atom is 0.00946 e. The van der Waals surface area contributed by atoms with Crippen LogP contribution in [0.5, 0.6) is 0 Å². The van der Waals surface area contributed by atoms with Gasteiger partial charge in [-0.25, -0.2) is 0 Å². The number of hydrogen-bond donors (Lipinski definition) is 0. The highest BCUT2D eigenvalue weighted by molar-refractivity contribution is 5.53. The van der Waals surface area contributed by atoms with Gasteiger partial charge in [0.25, 0.3) is 0 Å². The van der Waals surface area contributed by atoms with Crippen molar-refractivity contribution in [3.05, 3.63) is 59.3 Å². The Morgan fingerprint density at radius 2 is 0.951 bits per heavy atom. The normalized spacial score (nSPS) is 48.3. The third kappa shape index (κ3) is 4.10. The molecule has 0 nitrogen and oxygen atoms in total. The van der Waals surface area contributed by atoms with E-state index < -0.39 is 0 Å². The second-order valence-electron chi connectivity index (χ2n) is 17.1. The van der Waals surface area contributed by atoms with Gasteiger partial charge in [0.15, 0.2) is 0 Å². The molecule has 0 heteroatoms. The number of rotatable bonds is 8. The Hall–Kier alpha value is -1.30. The fourth-order valence-electron chi connectivity index (χ4n) is 14.1.